The number of hydrogen-bond donors (Lipinski definition) is 2. The van der Waals surface area contributed by atoms with Crippen LogP contribution in [0.5, 0.6) is 5.75 Å². The number of benzene rings is 1. The smallest absolute Gasteiger partial charge is 0.419 e. The number of phenols is 1. The van der Waals surface area contributed by atoms with Crippen LogP contribution in [0.25, 0.3) is 11.3 Å². The molecule has 7 heteroatoms. The predicted octanol–water partition coefficient (Wildman–Crippen LogP) is 2.16. The van der Waals surface area contributed by atoms with Gasteiger partial charge in [0.05, 0.1) is 11.3 Å². The number of aromatic amines is 1. The summed E-state index contributed by atoms with van der Waals surface area (Å²) in [6, 6.07) is 5.44. The molecule has 2 rings (SSSR count). The van der Waals surface area contributed by atoms with Crippen molar-refractivity contribution < 1.29 is 18.3 Å². The largest absolute Gasteiger partial charge is 0.507 e. The van der Waals surface area contributed by atoms with E-state index in [9.17, 15) is 18.0 Å². The van der Waals surface area contributed by atoms with E-state index in [1.165, 1.54) is 12.1 Å². The molecule has 4 nitrogen and oxygen atoms in total. The van der Waals surface area contributed by atoms with Gasteiger partial charge in [0.15, 0.2) is 0 Å². The van der Waals surface area contributed by atoms with Gasteiger partial charge in [0.2, 0.25) is 0 Å². The van der Waals surface area contributed by atoms with Crippen LogP contribution in [-0.2, 0) is 6.18 Å². The zero-order valence-corrected chi connectivity index (χ0v) is 8.82. The molecule has 0 bridgehead atoms. The summed E-state index contributed by atoms with van der Waals surface area (Å²) >= 11 is 0. The first kappa shape index (κ1) is 12.2. The number of hydrogen-bond acceptors (Lipinski definition) is 3. The van der Waals surface area contributed by atoms with Gasteiger partial charge in [-0.1, -0.05) is 0 Å². The van der Waals surface area contributed by atoms with E-state index in [4.69, 9.17) is 5.11 Å². The molecule has 0 fully saturated rings. The first-order valence-corrected chi connectivity index (χ1v) is 4.84. The lowest BCUT2D eigenvalue weighted by molar-refractivity contribution is -0.138. The van der Waals surface area contributed by atoms with Gasteiger partial charge in [0.1, 0.15) is 5.75 Å². The number of aromatic hydroxyl groups is 1. The Morgan fingerprint density at radius 3 is 2.44 bits per heavy atom. The normalized spacial score (nSPS) is 11.5. The molecule has 0 amide bonds. The summed E-state index contributed by atoms with van der Waals surface area (Å²) in [5, 5.41) is 14.9. The molecule has 94 valence electrons. The van der Waals surface area contributed by atoms with Crippen LogP contribution in [0, 0.1) is 0 Å². The number of aromatic nitrogens is 2. The fraction of sp³-hybridized carbons (Fsp3) is 0.0909. The molecule has 0 radical (unpaired) electrons. The summed E-state index contributed by atoms with van der Waals surface area (Å²) in [5.74, 6) is -0.851. The Hall–Kier alpha value is -2.31. The number of nitrogens with one attached hydrogen (secondary N) is 1. The highest BCUT2D eigenvalue weighted by Gasteiger charge is 2.34. The van der Waals surface area contributed by atoms with Crippen LogP contribution in [0.2, 0.25) is 0 Å². The minimum absolute atomic E-state index is 0.149. The monoisotopic (exact) mass is 256 g/mol. The lowest BCUT2D eigenvalue weighted by Crippen LogP contribution is -2.07. The summed E-state index contributed by atoms with van der Waals surface area (Å²) in [4.78, 5) is 10.8. The van der Waals surface area contributed by atoms with Crippen LogP contribution in [0.15, 0.2) is 35.1 Å². The van der Waals surface area contributed by atoms with E-state index in [1.807, 2.05) is 0 Å². The van der Waals surface area contributed by atoms with E-state index in [2.05, 4.69) is 10.2 Å². The standard InChI is InChI=1S/C11H7F3N2O2/c12-11(13,14)7-5-6(1-3-9(7)17)8-2-4-10(18)16-15-8/h1-5,17H,(H,16,18). The van der Waals surface area contributed by atoms with Gasteiger partial charge in [0.25, 0.3) is 5.56 Å². The van der Waals surface area contributed by atoms with Crippen LogP contribution in [0.1, 0.15) is 5.56 Å². The molecule has 0 aliphatic rings. The van der Waals surface area contributed by atoms with Crippen molar-refractivity contribution in [1.29, 1.82) is 0 Å². The highest BCUT2D eigenvalue weighted by molar-refractivity contribution is 5.61. The Morgan fingerprint density at radius 1 is 1.17 bits per heavy atom. The fourth-order valence-electron chi connectivity index (χ4n) is 1.43. The second-order valence-corrected chi connectivity index (χ2v) is 3.54. The zero-order chi connectivity index (χ0) is 13.3. The molecule has 0 spiro atoms. The third-order valence-corrected chi connectivity index (χ3v) is 2.28. The zero-order valence-electron chi connectivity index (χ0n) is 8.82. The molecule has 0 aliphatic heterocycles. The van der Waals surface area contributed by atoms with Crippen molar-refractivity contribution >= 4 is 0 Å². The van der Waals surface area contributed by atoms with Crippen LogP contribution in [-0.4, -0.2) is 15.3 Å². The van der Waals surface area contributed by atoms with E-state index >= 15 is 0 Å². The quantitative estimate of drug-likeness (QED) is 0.821. The molecule has 1 heterocycles. The molecule has 2 aromatic rings. The van der Waals surface area contributed by atoms with Gasteiger partial charge in [-0.2, -0.15) is 18.3 Å². The Kier molecular flexibility index (Phi) is 2.82. The minimum atomic E-state index is -4.65. The van der Waals surface area contributed by atoms with E-state index in [1.54, 1.807) is 0 Å². The van der Waals surface area contributed by atoms with E-state index in [0.717, 1.165) is 18.2 Å². The first-order chi connectivity index (χ1) is 8.38. The number of rotatable bonds is 1. The lowest BCUT2D eigenvalue weighted by Gasteiger charge is -2.10. The lowest BCUT2D eigenvalue weighted by atomic mass is 10.1. The fourth-order valence-corrected chi connectivity index (χ4v) is 1.43. The number of nitrogens with zero attached hydrogens (tertiary/aromatic N) is 1. The summed E-state index contributed by atoms with van der Waals surface area (Å²) < 4.78 is 37.7. The second kappa shape index (κ2) is 4.17. The molecular weight excluding hydrogens is 249 g/mol. The topological polar surface area (TPSA) is 66.0 Å². The van der Waals surface area contributed by atoms with Crippen molar-refractivity contribution in [2.45, 2.75) is 6.18 Å². The maximum absolute atomic E-state index is 12.6. The molecule has 0 saturated carbocycles. The second-order valence-electron chi connectivity index (χ2n) is 3.54. The molecule has 0 saturated heterocycles. The van der Waals surface area contributed by atoms with Crippen molar-refractivity contribution in [2.24, 2.45) is 0 Å². The van der Waals surface area contributed by atoms with Crippen molar-refractivity contribution in [3.63, 3.8) is 0 Å². The van der Waals surface area contributed by atoms with Crippen LogP contribution < -0.4 is 5.56 Å². The Bertz CT molecular complexity index is 614. The molecular formula is C11H7F3N2O2. The maximum Gasteiger partial charge on any atom is 0.419 e. The summed E-state index contributed by atoms with van der Waals surface area (Å²) in [6.45, 7) is 0. The number of alkyl halides is 3. The third-order valence-electron chi connectivity index (χ3n) is 2.28. The van der Waals surface area contributed by atoms with Crippen molar-refractivity contribution in [3.05, 3.63) is 46.2 Å². The van der Waals surface area contributed by atoms with Crippen molar-refractivity contribution in [3.8, 4) is 17.0 Å². The molecule has 2 N–H and O–H groups in total. The van der Waals surface area contributed by atoms with Gasteiger partial charge in [-0.15, -0.1) is 0 Å². The Morgan fingerprint density at radius 2 is 1.89 bits per heavy atom. The Labute approximate surface area is 98.7 Å². The summed E-state index contributed by atoms with van der Waals surface area (Å²) in [5.41, 5.74) is -1.27. The average Bonchev–Trinajstić information content (AvgIpc) is 2.29. The maximum atomic E-state index is 12.6. The first-order valence-electron chi connectivity index (χ1n) is 4.84. The molecule has 0 atom stereocenters. The number of phenolic OH excluding ortho intramolecular Hbond substituents is 1. The number of halogens is 3. The highest BCUT2D eigenvalue weighted by atomic mass is 19.4. The highest BCUT2D eigenvalue weighted by Crippen LogP contribution is 2.37. The summed E-state index contributed by atoms with van der Waals surface area (Å²) in [6.07, 6.45) is -4.65. The van der Waals surface area contributed by atoms with E-state index < -0.39 is 23.0 Å². The van der Waals surface area contributed by atoms with Crippen LogP contribution in [0.4, 0.5) is 13.2 Å². The molecule has 18 heavy (non-hydrogen) atoms. The van der Waals surface area contributed by atoms with Gasteiger partial charge >= 0.3 is 6.18 Å². The van der Waals surface area contributed by atoms with Crippen molar-refractivity contribution in [2.75, 3.05) is 0 Å². The Balaban J connectivity index is 2.54. The SMILES string of the molecule is O=c1ccc(-c2ccc(O)c(C(F)(F)F)c2)n[nH]1. The van der Waals surface area contributed by atoms with Gasteiger partial charge in [-0.05, 0) is 24.3 Å². The third kappa shape index (κ3) is 2.34. The van der Waals surface area contributed by atoms with Crippen LogP contribution in [0.3, 0.4) is 0 Å². The minimum Gasteiger partial charge on any atom is -0.507 e. The average molecular weight is 256 g/mol. The van der Waals surface area contributed by atoms with Gasteiger partial charge < -0.3 is 5.11 Å². The van der Waals surface area contributed by atoms with Crippen LogP contribution >= 0.6 is 0 Å². The molecule has 1 aromatic heterocycles. The van der Waals surface area contributed by atoms with Gasteiger partial charge in [-0.25, -0.2) is 5.10 Å². The predicted molar refractivity (Wildman–Crippen MR) is 57.0 cm³/mol. The number of H-pyrrole nitrogens is 1. The van der Waals surface area contributed by atoms with Gasteiger partial charge in [0, 0.05) is 11.6 Å². The van der Waals surface area contributed by atoms with E-state index in [-0.39, 0.29) is 11.3 Å². The molecule has 1 aromatic carbocycles. The van der Waals surface area contributed by atoms with Crippen molar-refractivity contribution in [1.82, 2.24) is 10.2 Å². The summed E-state index contributed by atoms with van der Waals surface area (Å²) in [7, 11) is 0. The molecule has 0 aliphatic carbocycles. The van der Waals surface area contributed by atoms with Gasteiger partial charge in [-0.3, -0.25) is 4.79 Å². The van der Waals surface area contributed by atoms with E-state index in [0.29, 0.717) is 0 Å². The molecule has 0 unspecified atom stereocenters.